The van der Waals surface area contributed by atoms with E-state index in [1.54, 1.807) is 6.92 Å². The van der Waals surface area contributed by atoms with Crippen LogP contribution in [0.25, 0.3) is 11.1 Å². The van der Waals surface area contributed by atoms with Gasteiger partial charge in [0.05, 0.1) is 0 Å². The molecule has 1 N–H and O–H groups in total. The first kappa shape index (κ1) is 17.2. The first-order valence-corrected chi connectivity index (χ1v) is 8.90. The lowest BCUT2D eigenvalue weighted by molar-refractivity contribution is -0.127. The van der Waals surface area contributed by atoms with Crippen LogP contribution in [0, 0.1) is 0 Å². The van der Waals surface area contributed by atoms with Gasteiger partial charge in [-0.05, 0) is 55.9 Å². The van der Waals surface area contributed by atoms with Gasteiger partial charge in [-0.15, -0.1) is 0 Å². The zero-order chi connectivity index (χ0) is 17.5. The molecule has 0 bridgehead atoms. The van der Waals surface area contributed by atoms with Gasteiger partial charge in [0, 0.05) is 5.71 Å². The summed E-state index contributed by atoms with van der Waals surface area (Å²) in [6, 6.07) is 17.9. The largest absolute Gasteiger partial charge is 0.481 e. The molecule has 1 atom stereocenters. The van der Waals surface area contributed by atoms with Crippen molar-refractivity contribution in [1.29, 1.82) is 0 Å². The third-order valence-electron chi connectivity index (χ3n) is 4.40. The maximum absolute atomic E-state index is 12.1. The van der Waals surface area contributed by atoms with E-state index < -0.39 is 6.10 Å². The van der Waals surface area contributed by atoms with Gasteiger partial charge in [-0.2, -0.15) is 5.10 Å². The molecule has 2 aromatic rings. The molecule has 2 aromatic carbocycles. The molecule has 1 aliphatic carbocycles. The van der Waals surface area contributed by atoms with Crippen LogP contribution in [-0.4, -0.2) is 17.7 Å². The van der Waals surface area contributed by atoms with Gasteiger partial charge in [0.1, 0.15) is 5.75 Å². The van der Waals surface area contributed by atoms with E-state index in [4.69, 9.17) is 4.74 Å². The highest BCUT2D eigenvalue weighted by molar-refractivity contribution is 5.87. The van der Waals surface area contributed by atoms with Crippen LogP contribution in [0.4, 0.5) is 0 Å². The van der Waals surface area contributed by atoms with Crippen LogP contribution in [0.15, 0.2) is 59.7 Å². The molecule has 0 aromatic heterocycles. The summed E-state index contributed by atoms with van der Waals surface area (Å²) in [5.74, 6) is 0.456. The second-order valence-corrected chi connectivity index (χ2v) is 6.37. The Kier molecular flexibility index (Phi) is 5.83. The highest BCUT2D eigenvalue weighted by Crippen LogP contribution is 2.22. The number of carbonyl (C=O) groups is 1. The van der Waals surface area contributed by atoms with Gasteiger partial charge in [-0.25, -0.2) is 5.43 Å². The second kappa shape index (κ2) is 8.47. The number of benzene rings is 2. The summed E-state index contributed by atoms with van der Waals surface area (Å²) in [5.41, 5.74) is 5.99. The molecular formula is C21H24N2O2. The fourth-order valence-electron chi connectivity index (χ4n) is 2.91. The highest BCUT2D eigenvalue weighted by Gasteiger charge is 2.15. The molecule has 3 rings (SSSR count). The summed E-state index contributed by atoms with van der Waals surface area (Å²) < 4.78 is 5.73. The van der Waals surface area contributed by atoms with Crippen molar-refractivity contribution in [2.75, 3.05) is 0 Å². The van der Waals surface area contributed by atoms with Crippen LogP contribution in [0.1, 0.15) is 39.0 Å². The molecule has 0 aliphatic heterocycles. The highest BCUT2D eigenvalue weighted by atomic mass is 16.5. The number of ether oxygens (including phenoxy) is 1. The third kappa shape index (κ3) is 4.92. The average molecular weight is 336 g/mol. The maximum Gasteiger partial charge on any atom is 0.280 e. The van der Waals surface area contributed by atoms with Gasteiger partial charge in [0.15, 0.2) is 6.10 Å². The molecule has 25 heavy (non-hydrogen) atoms. The van der Waals surface area contributed by atoms with Crippen molar-refractivity contribution < 1.29 is 9.53 Å². The van der Waals surface area contributed by atoms with Crippen LogP contribution in [-0.2, 0) is 4.79 Å². The molecular weight excluding hydrogens is 312 g/mol. The topological polar surface area (TPSA) is 50.7 Å². The van der Waals surface area contributed by atoms with E-state index in [2.05, 4.69) is 22.7 Å². The lowest BCUT2D eigenvalue weighted by atomic mass is 9.99. The normalized spacial score (nSPS) is 15.3. The molecule has 0 unspecified atom stereocenters. The molecule has 4 heteroatoms. The number of rotatable bonds is 5. The van der Waals surface area contributed by atoms with Crippen LogP contribution in [0.2, 0.25) is 0 Å². The van der Waals surface area contributed by atoms with E-state index in [-0.39, 0.29) is 5.91 Å². The van der Waals surface area contributed by atoms with Crippen molar-refractivity contribution in [2.24, 2.45) is 5.10 Å². The molecule has 0 radical (unpaired) electrons. The molecule has 0 spiro atoms. The minimum absolute atomic E-state index is 0.217. The van der Waals surface area contributed by atoms with Gasteiger partial charge in [0.25, 0.3) is 5.91 Å². The predicted octanol–water partition coefficient (Wildman–Crippen LogP) is 4.56. The Morgan fingerprint density at radius 3 is 2.28 bits per heavy atom. The monoisotopic (exact) mass is 336 g/mol. The van der Waals surface area contributed by atoms with Crippen LogP contribution in [0.3, 0.4) is 0 Å². The molecule has 1 aliphatic rings. The number of nitrogens with zero attached hydrogens (tertiary/aromatic N) is 1. The zero-order valence-corrected chi connectivity index (χ0v) is 14.6. The van der Waals surface area contributed by atoms with Gasteiger partial charge >= 0.3 is 0 Å². The molecule has 130 valence electrons. The summed E-state index contributed by atoms with van der Waals surface area (Å²) >= 11 is 0. The first-order valence-electron chi connectivity index (χ1n) is 8.90. The number of hydrogen-bond donors (Lipinski definition) is 1. The van der Waals surface area contributed by atoms with Crippen LogP contribution < -0.4 is 10.2 Å². The Labute approximate surface area is 148 Å². The summed E-state index contributed by atoms with van der Waals surface area (Å²) in [6.45, 7) is 1.74. The van der Waals surface area contributed by atoms with Gasteiger partial charge in [-0.1, -0.05) is 48.9 Å². The first-order chi connectivity index (χ1) is 12.2. The Morgan fingerprint density at radius 2 is 1.60 bits per heavy atom. The number of amides is 1. The van der Waals surface area contributed by atoms with Crippen molar-refractivity contribution in [1.82, 2.24) is 5.43 Å². The standard InChI is InChI=1S/C21H24N2O2/c1-16(21(24)23-22-19-10-6-3-7-11-19)25-20-14-12-18(13-15-20)17-8-4-2-5-9-17/h2,4-5,8-9,12-16H,3,6-7,10-11H2,1H3,(H,23,24)/t16-/m0/s1. The summed E-state index contributed by atoms with van der Waals surface area (Å²) in [5, 5.41) is 4.24. The fourth-order valence-corrected chi connectivity index (χ4v) is 2.91. The Balaban J connectivity index is 1.55. The van der Waals surface area contributed by atoms with E-state index in [1.807, 2.05) is 42.5 Å². The number of hydrazone groups is 1. The van der Waals surface area contributed by atoms with Crippen molar-refractivity contribution in [2.45, 2.75) is 45.1 Å². The second-order valence-electron chi connectivity index (χ2n) is 6.37. The minimum Gasteiger partial charge on any atom is -0.481 e. The van der Waals surface area contributed by atoms with Crippen molar-refractivity contribution >= 4 is 11.6 Å². The maximum atomic E-state index is 12.1. The van der Waals surface area contributed by atoms with Crippen LogP contribution >= 0.6 is 0 Å². The molecule has 1 saturated carbocycles. The Morgan fingerprint density at radius 1 is 0.960 bits per heavy atom. The molecule has 0 saturated heterocycles. The third-order valence-corrected chi connectivity index (χ3v) is 4.40. The number of nitrogens with one attached hydrogen (secondary N) is 1. The number of carbonyl (C=O) groups excluding carboxylic acids is 1. The van der Waals surface area contributed by atoms with Gasteiger partial charge in [0.2, 0.25) is 0 Å². The van der Waals surface area contributed by atoms with Crippen molar-refractivity contribution in [3.63, 3.8) is 0 Å². The van der Waals surface area contributed by atoms with E-state index in [0.29, 0.717) is 5.75 Å². The van der Waals surface area contributed by atoms with Crippen LogP contribution in [0.5, 0.6) is 5.75 Å². The quantitative estimate of drug-likeness (QED) is 0.814. The molecule has 1 amide bonds. The van der Waals surface area contributed by atoms with Crippen molar-refractivity contribution in [3.05, 3.63) is 54.6 Å². The Hall–Kier alpha value is -2.62. The van der Waals surface area contributed by atoms with Crippen molar-refractivity contribution in [3.8, 4) is 16.9 Å². The lowest BCUT2D eigenvalue weighted by Crippen LogP contribution is -2.34. The lowest BCUT2D eigenvalue weighted by Gasteiger charge is -2.15. The fraction of sp³-hybridized carbons (Fsp3) is 0.333. The molecule has 0 heterocycles. The van der Waals surface area contributed by atoms with Gasteiger partial charge < -0.3 is 4.74 Å². The molecule has 4 nitrogen and oxygen atoms in total. The molecule has 1 fully saturated rings. The average Bonchev–Trinajstić information content (AvgIpc) is 2.68. The SMILES string of the molecule is C[C@H](Oc1ccc(-c2ccccc2)cc1)C(=O)NN=C1CCCCC1. The summed E-state index contributed by atoms with van der Waals surface area (Å²) in [6.07, 6.45) is 4.96. The van der Waals surface area contributed by atoms with Gasteiger partial charge in [-0.3, -0.25) is 4.79 Å². The predicted molar refractivity (Wildman–Crippen MR) is 101 cm³/mol. The zero-order valence-electron chi connectivity index (χ0n) is 14.6. The number of hydrogen-bond acceptors (Lipinski definition) is 3. The van der Waals surface area contributed by atoms with E-state index in [1.165, 1.54) is 6.42 Å². The smallest absolute Gasteiger partial charge is 0.280 e. The summed E-state index contributed by atoms with van der Waals surface area (Å²) in [4.78, 5) is 12.1. The van der Waals surface area contributed by atoms with E-state index in [0.717, 1.165) is 42.5 Å². The van der Waals surface area contributed by atoms with E-state index in [9.17, 15) is 4.79 Å². The summed E-state index contributed by atoms with van der Waals surface area (Å²) in [7, 11) is 0. The minimum atomic E-state index is -0.587. The van der Waals surface area contributed by atoms with E-state index >= 15 is 0 Å². The Bertz CT molecular complexity index is 715.